The third-order valence-corrected chi connectivity index (χ3v) is 2.92. The lowest BCUT2D eigenvalue weighted by Crippen LogP contribution is -2.39. The van der Waals surface area contributed by atoms with Crippen LogP contribution in [0.25, 0.3) is 0 Å². The summed E-state index contributed by atoms with van der Waals surface area (Å²) in [7, 11) is 0. The van der Waals surface area contributed by atoms with Crippen LogP contribution in [0.1, 0.15) is 18.4 Å². The molecule has 21 heavy (non-hydrogen) atoms. The van der Waals surface area contributed by atoms with Crippen molar-refractivity contribution in [3.8, 4) is 0 Å². The molecule has 1 aromatic carbocycles. The zero-order valence-corrected chi connectivity index (χ0v) is 11.4. The molecule has 3 amide bonds. The van der Waals surface area contributed by atoms with E-state index in [-0.39, 0.29) is 24.9 Å². The summed E-state index contributed by atoms with van der Waals surface area (Å²) in [5.41, 5.74) is 1.18. The maximum absolute atomic E-state index is 11.6. The lowest BCUT2D eigenvalue weighted by molar-refractivity contribution is -0.136. The predicted molar refractivity (Wildman–Crippen MR) is 76.0 cm³/mol. The van der Waals surface area contributed by atoms with Gasteiger partial charge < -0.3 is 21.1 Å². The van der Waals surface area contributed by atoms with Crippen molar-refractivity contribution in [2.45, 2.75) is 25.3 Å². The number of carboxylic acids is 1. The van der Waals surface area contributed by atoms with Gasteiger partial charge in [0.25, 0.3) is 0 Å². The molecule has 112 valence electrons. The second-order valence-electron chi connectivity index (χ2n) is 4.92. The molecule has 0 aromatic heterocycles. The number of aliphatic carboxylic acids is 1. The summed E-state index contributed by atoms with van der Waals surface area (Å²) < 4.78 is 0. The largest absolute Gasteiger partial charge is 0.481 e. The van der Waals surface area contributed by atoms with Gasteiger partial charge in [0.05, 0.1) is 13.0 Å². The minimum atomic E-state index is -0.907. The number of carbonyl (C=O) groups is 3. The molecule has 1 aliphatic rings. The lowest BCUT2D eigenvalue weighted by Gasteiger charge is -2.08. The number of urea groups is 1. The van der Waals surface area contributed by atoms with E-state index in [0.717, 1.165) is 12.8 Å². The van der Waals surface area contributed by atoms with E-state index in [2.05, 4.69) is 16.0 Å². The summed E-state index contributed by atoms with van der Waals surface area (Å²) in [5, 5.41) is 16.4. The molecule has 0 radical (unpaired) electrons. The number of amides is 3. The number of rotatable bonds is 6. The third kappa shape index (κ3) is 5.52. The molecule has 0 aliphatic heterocycles. The van der Waals surface area contributed by atoms with Gasteiger partial charge in [0, 0.05) is 11.7 Å². The highest BCUT2D eigenvalue weighted by atomic mass is 16.4. The molecule has 0 spiro atoms. The lowest BCUT2D eigenvalue weighted by atomic mass is 10.1. The first-order valence-corrected chi connectivity index (χ1v) is 6.68. The van der Waals surface area contributed by atoms with Crippen LogP contribution in [-0.4, -0.2) is 35.6 Å². The topological polar surface area (TPSA) is 108 Å². The van der Waals surface area contributed by atoms with E-state index in [4.69, 9.17) is 5.11 Å². The van der Waals surface area contributed by atoms with Gasteiger partial charge in [-0.3, -0.25) is 9.59 Å². The zero-order valence-electron chi connectivity index (χ0n) is 11.4. The third-order valence-electron chi connectivity index (χ3n) is 2.92. The van der Waals surface area contributed by atoms with E-state index in [0.29, 0.717) is 11.3 Å². The van der Waals surface area contributed by atoms with E-state index in [1.807, 2.05) is 0 Å². The molecule has 1 aromatic rings. The summed E-state index contributed by atoms with van der Waals surface area (Å²) in [6.07, 6.45) is 1.94. The number of carboxylic acid groups (broad SMARTS) is 1. The molecule has 2 rings (SSSR count). The van der Waals surface area contributed by atoms with Crippen LogP contribution in [0, 0.1) is 0 Å². The highest BCUT2D eigenvalue weighted by molar-refractivity contribution is 5.92. The summed E-state index contributed by atoms with van der Waals surface area (Å²) >= 11 is 0. The highest BCUT2D eigenvalue weighted by Gasteiger charge is 2.23. The van der Waals surface area contributed by atoms with E-state index >= 15 is 0 Å². The quantitative estimate of drug-likeness (QED) is 0.619. The molecule has 1 saturated carbocycles. The van der Waals surface area contributed by atoms with Crippen LogP contribution in [0.4, 0.5) is 10.5 Å². The first-order chi connectivity index (χ1) is 10.0. The van der Waals surface area contributed by atoms with Crippen LogP contribution in [-0.2, 0) is 16.0 Å². The first kappa shape index (κ1) is 14.8. The first-order valence-electron chi connectivity index (χ1n) is 6.68. The molecule has 7 nitrogen and oxygen atoms in total. The Hall–Kier alpha value is -2.57. The van der Waals surface area contributed by atoms with E-state index < -0.39 is 12.0 Å². The average molecular weight is 291 g/mol. The highest BCUT2D eigenvalue weighted by Crippen LogP contribution is 2.18. The van der Waals surface area contributed by atoms with Crippen molar-refractivity contribution in [1.29, 1.82) is 0 Å². The Bertz CT molecular complexity index is 538. The Balaban J connectivity index is 1.73. The second-order valence-corrected chi connectivity index (χ2v) is 4.92. The molecule has 0 bridgehead atoms. The SMILES string of the molecule is O=C(O)Cc1ccc(NC(=O)NCC(=O)NC2CC2)cc1. The van der Waals surface area contributed by atoms with Gasteiger partial charge in [0.15, 0.2) is 0 Å². The van der Waals surface area contributed by atoms with Gasteiger partial charge in [0.2, 0.25) is 5.91 Å². The second kappa shape index (κ2) is 6.74. The Morgan fingerprint density at radius 2 is 1.81 bits per heavy atom. The van der Waals surface area contributed by atoms with E-state index in [1.54, 1.807) is 24.3 Å². The molecule has 0 unspecified atom stereocenters. The van der Waals surface area contributed by atoms with Crippen molar-refractivity contribution in [3.63, 3.8) is 0 Å². The number of hydrogen-bond donors (Lipinski definition) is 4. The zero-order chi connectivity index (χ0) is 15.2. The van der Waals surface area contributed by atoms with Gasteiger partial charge in [0.1, 0.15) is 0 Å². The number of anilines is 1. The number of carbonyl (C=O) groups excluding carboxylic acids is 2. The fourth-order valence-electron chi connectivity index (χ4n) is 1.72. The Kier molecular flexibility index (Phi) is 4.76. The minimum absolute atomic E-state index is 0.0617. The molecular weight excluding hydrogens is 274 g/mol. The van der Waals surface area contributed by atoms with Crippen LogP contribution in [0.15, 0.2) is 24.3 Å². The fraction of sp³-hybridized carbons (Fsp3) is 0.357. The van der Waals surface area contributed by atoms with Crippen LogP contribution in [0.2, 0.25) is 0 Å². The van der Waals surface area contributed by atoms with Gasteiger partial charge in [-0.1, -0.05) is 12.1 Å². The number of hydrogen-bond acceptors (Lipinski definition) is 3. The van der Waals surface area contributed by atoms with Crippen molar-refractivity contribution in [2.75, 3.05) is 11.9 Å². The monoisotopic (exact) mass is 291 g/mol. The van der Waals surface area contributed by atoms with Crippen molar-refractivity contribution in [1.82, 2.24) is 10.6 Å². The average Bonchev–Trinajstić information content (AvgIpc) is 3.22. The van der Waals surface area contributed by atoms with Crippen molar-refractivity contribution < 1.29 is 19.5 Å². The minimum Gasteiger partial charge on any atom is -0.481 e. The summed E-state index contributed by atoms with van der Waals surface area (Å²) in [4.78, 5) is 33.5. The van der Waals surface area contributed by atoms with Crippen LogP contribution >= 0.6 is 0 Å². The predicted octanol–water partition coefficient (Wildman–Crippen LogP) is 0.714. The summed E-state index contributed by atoms with van der Waals surface area (Å²) in [6, 6.07) is 6.27. The van der Waals surface area contributed by atoms with Gasteiger partial charge in [-0.15, -0.1) is 0 Å². The van der Waals surface area contributed by atoms with Gasteiger partial charge in [-0.2, -0.15) is 0 Å². The maximum Gasteiger partial charge on any atom is 0.319 e. The molecule has 0 saturated heterocycles. The van der Waals surface area contributed by atoms with Crippen LogP contribution in [0.5, 0.6) is 0 Å². The van der Waals surface area contributed by atoms with Gasteiger partial charge in [-0.25, -0.2) is 4.79 Å². The summed E-state index contributed by atoms with van der Waals surface area (Å²) in [5.74, 6) is -1.11. The molecule has 1 aliphatic carbocycles. The van der Waals surface area contributed by atoms with Crippen LogP contribution in [0.3, 0.4) is 0 Å². The van der Waals surface area contributed by atoms with Gasteiger partial charge >= 0.3 is 12.0 Å². The van der Waals surface area contributed by atoms with Crippen molar-refractivity contribution >= 4 is 23.6 Å². The molecule has 1 fully saturated rings. The number of benzene rings is 1. The summed E-state index contributed by atoms with van der Waals surface area (Å²) in [6.45, 7) is -0.0700. The fourth-order valence-corrected chi connectivity index (χ4v) is 1.72. The molecule has 4 N–H and O–H groups in total. The normalized spacial score (nSPS) is 13.3. The smallest absolute Gasteiger partial charge is 0.319 e. The Morgan fingerprint density at radius 3 is 2.38 bits per heavy atom. The molecular formula is C14H17N3O4. The number of nitrogens with one attached hydrogen (secondary N) is 3. The molecule has 0 atom stereocenters. The Labute approximate surface area is 121 Å². The van der Waals surface area contributed by atoms with Crippen molar-refractivity contribution in [3.05, 3.63) is 29.8 Å². The molecule has 0 heterocycles. The van der Waals surface area contributed by atoms with Crippen LogP contribution < -0.4 is 16.0 Å². The van der Waals surface area contributed by atoms with Crippen molar-refractivity contribution in [2.24, 2.45) is 0 Å². The standard InChI is InChI=1S/C14H17N3O4/c18-12(16-10-5-6-10)8-15-14(21)17-11-3-1-9(2-4-11)7-13(19)20/h1-4,10H,5-8H2,(H,16,18)(H,19,20)(H2,15,17,21). The maximum atomic E-state index is 11.6. The Morgan fingerprint density at radius 1 is 1.14 bits per heavy atom. The van der Waals surface area contributed by atoms with Gasteiger partial charge in [-0.05, 0) is 30.5 Å². The van der Waals surface area contributed by atoms with E-state index in [9.17, 15) is 14.4 Å². The van der Waals surface area contributed by atoms with E-state index in [1.165, 1.54) is 0 Å². The molecule has 7 heteroatoms.